The molecule has 2 rings (SSSR count). The van der Waals surface area contributed by atoms with E-state index in [1.165, 1.54) is 0 Å². The zero-order chi connectivity index (χ0) is 11.5. The summed E-state index contributed by atoms with van der Waals surface area (Å²) in [6.07, 6.45) is 1.71. The molecule has 0 fully saturated rings. The number of halogens is 1. The number of rotatable bonds is 3. The summed E-state index contributed by atoms with van der Waals surface area (Å²) in [6, 6.07) is 5.89. The van der Waals surface area contributed by atoms with E-state index in [2.05, 4.69) is 26.2 Å². The van der Waals surface area contributed by atoms with Gasteiger partial charge in [-0.05, 0) is 53.5 Å². The molecule has 0 aliphatic carbocycles. The number of aryl methyl sites for hydroxylation is 2. The molecule has 16 heavy (non-hydrogen) atoms. The topological polar surface area (TPSA) is 38.1 Å². The first-order valence-corrected chi connectivity index (χ1v) is 5.86. The van der Waals surface area contributed by atoms with Crippen molar-refractivity contribution in [3.05, 3.63) is 46.1 Å². The van der Waals surface area contributed by atoms with Gasteiger partial charge < -0.3 is 9.73 Å². The normalized spacial score (nSPS) is 10.4. The number of aromatic nitrogens is 1. The van der Waals surface area contributed by atoms with Crippen molar-refractivity contribution in [2.24, 2.45) is 0 Å². The largest absolute Gasteiger partial charge is 0.467 e. The second-order valence-electron chi connectivity index (χ2n) is 3.65. The third-order valence-electron chi connectivity index (χ3n) is 2.46. The van der Waals surface area contributed by atoms with Crippen molar-refractivity contribution < 1.29 is 4.42 Å². The van der Waals surface area contributed by atoms with Gasteiger partial charge in [0.15, 0.2) is 0 Å². The molecule has 84 valence electrons. The summed E-state index contributed by atoms with van der Waals surface area (Å²) < 4.78 is 6.21. The van der Waals surface area contributed by atoms with Crippen LogP contribution in [0.5, 0.6) is 0 Å². The zero-order valence-electron chi connectivity index (χ0n) is 9.25. The smallest absolute Gasteiger partial charge is 0.125 e. The number of anilines is 1. The first-order valence-electron chi connectivity index (χ1n) is 5.07. The SMILES string of the molecule is Cc1ccoc1CNc1ccc(Br)nc1C. The number of hydrogen-bond acceptors (Lipinski definition) is 3. The summed E-state index contributed by atoms with van der Waals surface area (Å²) in [6.45, 7) is 4.69. The maximum absolute atomic E-state index is 5.36. The second-order valence-corrected chi connectivity index (χ2v) is 4.46. The molecule has 0 aliphatic rings. The van der Waals surface area contributed by atoms with Crippen molar-refractivity contribution >= 4 is 21.6 Å². The van der Waals surface area contributed by atoms with Gasteiger partial charge in [-0.2, -0.15) is 0 Å². The Bertz CT molecular complexity index is 494. The standard InChI is InChI=1S/C12H13BrN2O/c1-8-5-6-16-11(8)7-14-10-3-4-12(13)15-9(10)2/h3-6,14H,7H2,1-2H3. The van der Waals surface area contributed by atoms with E-state index in [-0.39, 0.29) is 0 Å². The monoisotopic (exact) mass is 280 g/mol. The lowest BCUT2D eigenvalue weighted by atomic mass is 10.2. The molecule has 3 nitrogen and oxygen atoms in total. The Balaban J connectivity index is 2.08. The molecule has 0 unspecified atom stereocenters. The van der Waals surface area contributed by atoms with Crippen LogP contribution in [0.4, 0.5) is 5.69 Å². The van der Waals surface area contributed by atoms with Crippen molar-refractivity contribution in [3.63, 3.8) is 0 Å². The number of furan rings is 1. The van der Waals surface area contributed by atoms with Crippen molar-refractivity contribution in [3.8, 4) is 0 Å². The van der Waals surface area contributed by atoms with Crippen LogP contribution in [0.2, 0.25) is 0 Å². The predicted molar refractivity (Wildman–Crippen MR) is 67.4 cm³/mol. The Labute approximate surface area is 103 Å². The van der Waals surface area contributed by atoms with Crippen LogP contribution in [0.15, 0.2) is 33.5 Å². The van der Waals surface area contributed by atoms with Crippen LogP contribution in [0, 0.1) is 13.8 Å². The fraction of sp³-hybridized carbons (Fsp3) is 0.250. The van der Waals surface area contributed by atoms with Gasteiger partial charge in [-0.15, -0.1) is 0 Å². The van der Waals surface area contributed by atoms with Gasteiger partial charge in [-0.25, -0.2) is 4.98 Å². The van der Waals surface area contributed by atoms with Crippen LogP contribution in [-0.4, -0.2) is 4.98 Å². The third kappa shape index (κ3) is 2.44. The molecule has 2 heterocycles. The number of nitrogens with zero attached hydrogens (tertiary/aromatic N) is 1. The molecule has 0 saturated heterocycles. The summed E-state index contributed by atoms with van der Waals surface area (Å²) in [5.74, 6) is 0.960. The minimum Gasteiger partial charge on any atom is -0.467 e. The van der Waals surface area contributed by atoms with Crippen LogP contribution in [0.1, 0.15) is 17.0 Å². The summed E-state index contributed by atoms with van der Waals surface area (Å²) >= 11 is 3.34. The van der Waals surface area contributed by atoms with Gasteiger partial charge in [0.2, 0.25) is 0 Å². The lowest BCUT2D eigenvalue weighted by Crippen LogP contribution is -2.02. The first kappa shape index (κ1) is 11.2. The van der Waals surface area contributed by atoms with Gasteiger partial charge in [0, 0.05) is 0 Å². The van der Waals surface area contributed by atoms with Crippen LogP contribution >= 0.6 is 15.9 Å². The average molecular weight is 281 g/mol. The molecule has 0 bridgehead atoms. The molecule has 2 aromatic heterocycles. The van der Waals surface area contributed by atoms with Crippen molar-refractivity contribution in [2.75, 3.05) is 5.32 Å². The van der Waals surface area contributed by atoms with E-state index in [4.69, 9.17) is 4.42 Å². The highest BCUT2D eigenvalue weighted by molar-refractivity contribution is 9.10. The fourth-order valence-corrected chi connectivity index (χ4v) is 1.88. The molecular weight excluding hydrogens is 268 g/mol. The van der Waals surface area contributed by atoms with E-state index >= 15 is 0 Å². The van der Waals surface area contributed by atoms with E-state index in [9.17, 15) is 0 Å². The summed E-state index contributed by atoms with van der Waals surface area (Å²) in [5.41, 5.74) is 3.16. The highest BCUT2D eigenvalue weighted by Gasteiger charge is 2.03. The Hall–Kier alpha value is -1.29. The molecule has 0 saturated carbocycles. The third-order valence-corrected chi connectivity index (χ3v) is 2.90. The molecular formula is C12H13BrN2O. The maximum Gasteiger partial charge on any atom is 0.125 e. The molecule has 2 aromatic rings. The highest BCUT2D eigenvalue weighted by atomic mass is 79.9. The number of hydrogen-bond donors (Lipinski definition) is 1. The minimum atomic E-state index is 0.684. The van der Waals surface area contributed by atoms with Crippen LogP contribution in [0.3, 0.4) is 0 Å². The van der Waals surface area contributed by atoms with Crippen LogP contribution < -0.4 is 5.32 Å². The molecule has 0 aromatic carbocycles. The van der Waals surface area contributed by atoms with Gasteiger partial charge in [0.1, 0.15) is 10.4 Å². The lowest BCUT2D eigenvalue weighted by molar-refractivity contribution is 0.515. The van der Waals surface area contributed by atoms with Crippen LogP contribution in [-0.2, 0) is 6.54 Å². The highest BCUT2D eigenvalue weighted by Crippen LogP contribution is 2.18. The van der Waals surface area contributed by atoms with Gasteiger partial charge in [-0.1, -0.05) is 0 Å². The molecule has 1 N–H and O–H groups in total. The fourth-order valence-electron chi connectivity index (χ4n) is 1.48. The quantitative estimate of drug-likeness (QED) is 0.872. The van der Waals surface area contributed by atoms with E-state index in [0.29, 0.717) is 6.54 Å². The molecule has 0 amide bonds. The minimum absolute atomic E-state index is 0.684. The van der Waals surface area contributed by atoms with Gasteiger partial charge in [0.25, 0.3) is 0 Å². The van der Waals surface area contributed by atoms with E-state index in [0.717, 1.165) is 27.3 Å². The van der Waals surface area contributed by atoms with Gasteiger partial charge in [-0.3, -0.25) is 0 Å². The molecule has 0 radical (unpaired) electrons. The van der Waals surface area contributed by atoms with Crippen molar-refractivity contribution in [1.82, 2.24) is 4.98 Å². The lowest BCUT2D eigenvalue weighted by Gasteiger charge is -2.08. The molecule has 4 heteroatoms. The molecule has 0 aliphatic heterocycles. The van der Waals surface area contributed by atoms with E-state index in [1.807, 2.05) is 32.0 Å². The predicted octanol–water partition coefficient (Wildman–Crippen LogP) is 3.67. The summed E-state index contributed by atoms with van der Waals surface area (Å²) in [4.78, 5) is 4.32. The van der Waals surface area contributed by atoms with Crippen molar-refractivity contribution in [2.45, 2.75) is 20.4 Å². The molecule has 0 atom stereocenters. The van der Waals surface area contributed by atoms with E-state index < -0.39 is 0 Å². The summed E-state index contributed by atoms with van der Waals surface area (Å²) in [5, 5.41) is 3.31. The molecule has 0 spiro atoms. The average Bonchev–Trinajstić information content (AvgIpc) is 2.63. The number of nitrogens with one attached hydrogen (secondary N) is 1. The van der Waals surface area contributed by atoms with Gasteiger partial charge >= 0.3 is 0 Å². The Morgan fingerprint density at radius 1 is 1.31 bits per heavy atom. The van der Waals surface area contributed by atoms with Gasteiger partial charge in [0.05, 0.1) is 24.2 Å². The number of pyridine rings is 1. The second kappa shape index (κ2) is 4.70. The Morgan fingerprint density at radius 3 is 2.75 bits per heavy atom. The van der Waals surface area contributed by atoms with Crippen LogP contribution in [0.25, 0.3) is 0 Å². The Morgan fingerprint density at radius 2 is 2.12 bits per heavy atom. The summed E-state index contributed by atoms with van der Waals surface area (Å²) in [7, 11) is 0. The maximum atomic E-state index is 5.36. The first-order chi connectivity index (χ1) is 7.66. The van der Waals surface area contributed by atoms with Crippen molar-refractivity contribution in [1.29, 1.82) is 0 Å². The Kier molecular flexibility index (Phi) is 3.29. The van der Waals surface area contributed by atoms with E-state index in [1.54, 1.807) is 6.26 Å². The zero-order valence-corrected chi connectivity index (χ0v) is 10.8.